The molecule has 2 bridgehead atoms. The van der Waals surface area contributed by atoms with Crippen LogP contribution in [0.2, 0.25) is 10.0 Å². The van der Waals surface area contributed by atoms with Crippen molar-refractivity contribution in [3.8, 4) is 0 Å². The number of nitrogens with one attached hydrogen (secondary N) is 1. The van der Waals surface area contributed by atoms with Crippen molar-refractivity contribution < 1.29 is 0 Å². The number of rotatable bonds is 4. The van der Waals surface area contributed by atoms with Crippen molar-refractivity contribution >= 4 is 23.2 Å². The van der Waals surface area contributed by atoms with Gasteiger partial charge >= 0.3 is 0 Å². The van der Waals surface area contributed by atoms with Gasteiger partial charge in [0.2, 0.25) is 0 Å². The van der Waals surface area contributed by atoms with E-state index in [1.807, 2.05) is 18.2 Å². The first-order valence-corrected chi connectivity index (χ1v) is 8.25. The Balaban J connectivity index is 1.49. The third-order valence-electron chi connectivity index (χ3n) is 4.96. The van der Waals surface area contributed by atoms with Crippen molar-refractivity contribution in [1.82, 2.24) is 10.2 Å². The summed E-state index contributed by atoms with van der Waals surface area (Å²) in [4.78, 5) is 2.59. The fourth-order valence-electron chi connectivity index (χ4n) is 3.77. The van der Waals surface area contributed by atoms with Gasteiger partial charge in [-0.1, -0.05) is 29.3 Å². The van der Waals surface area contributed by atoms with Gasteiger partial charge in [0.05, 0.1) is 0 Å². The van der Waals surface area contributed by atoms with Crippen LogP contribution >= 0.6 is 23.2 Å². The molecule has 2 fully saturated rings. The minimum atomic E-state index is 0.700. The maximum absolute atomic E-state index is 6.20. The van der Waals surface area contributed by atoms with Crippen molar-refractivity contribution in [2.24, 2.45) is 5.92 Å². The SMILES string of the molecule is CN1C2CCC1CC(CNCc1ccc(Cl)cc1Cl)C2. The van der Waals surface area contributed by atoms with Crippen molar-refractivity contribution in [3.63, 3.8) is 0 Å². The van der Waals surface area contributed by atoms with Gasteiger partial charge in [0.1, 0.15) is 0 Å². The lowest BCUT2D eigenvalue weighted by Crippen LogP contribution is -2.42. The van der Waals surface area contributed by atoms with E-state index in [9.17, 15) is 0 Å². The topological polar surface area (TPSA) is 15.3 Å². The lowest BCUT2D eigenvalue weighted by atomic mass is 9.91. The molecule has 20 heavy (non-hydrogen) atoms. The van der Waals surface area contributed by atoms with Gasteiger partial charge in [-0.2, -0.15) is 0 Å². The second-order valence-electron chi connectivity index (χ2n) is 6.25. The highest BCUT2D eigenvalue weighted by Crippen LogP contribution is 2.37. The summed E-state index contributed by atoms with van der Waals surface area (Å²) in [5.74, 6) is 0.815. The van der Waals surface area contributed by atoms with Crippen LogP contribution in [0.5, 0.6) is 0 Å². The van der Waals surface area contributed by atoms with E-state index in [1.165, 1.54) is 25.7 Å². The third-order valence-corrected chi connectivity index (χ3v) is 5.55. The molecule has 0 saturated carbocycles. The van der Waals surface area contributed by atoms with Crippen molar-refractivity contribution in [1.29, 1.82) is 0 Å². The summed E-state index contributed by atoms with van der Waals surface area (Å²) in [6.07, 6.45) is 5.46. The lowest BCUT2D eigenvalue weighted by Gasteiger charge is -2.36. The maximum atomic E-state index is 6.20. The molecule has 2 atom stereocenters. The molecule has 0 aliphatic carbocycles. The van der Waals surface area contributed by atoms with E-state index in [2.05, 4.69) is 17.3 Å². The second kappa shape index (κ2) is 6.23. The van der Waals surface area contributed by atoms with Gasteiger partial charge in [0, 0.05) is 28.7 Å². The Hall–Kier alpha value is -0.280. The number of halogens is 2. The summed E-state index contributed by atoms with van der Waals surface area (Å²) in [5.41, 5.74) is 1.13. The highest BCUT2D eigenvalue weighted by atomic mass is 35.5. The monoisotopic (exact) mass is 312 g/mol. The van der Waals surface area contributed by atoms with Gasteiger partial charge < -0.3 is 10.2 Å². The number of piperidine rings is 1. The number of hydrogen-bond acceptors (Lipinski definition) is 2. The molecule has 2 heterocycles. The Bertz CT molecular complexity index is 464. The van der Waals surface area contributed by atoms with Gasteiger partial charge in [-0.05, 0) is 62.9 Å². The minimum absolute atomic E-state index is 0.700. The molecule has 1 aromatic rings. The van der Waals surface area contributed by atoms with Crippen LogP contribution in [0.25, 0.3) is 0 Å². The Kier molecular flexibility index (Phi) is 4.56. The number of hydrogen-bond donors (Lipinski definition) is 1. The van der Waals surface area contributed by atoms with Gasteiger partial charge in [-0.25, -0.2) is 0 Å². The number of fused-ring (bicyclic) bond motifs is 2. The van der Waals surface area contributed by atoms with Gasteiger partial charge in [-0.3, -0.25) is 0 Å². The quantitative estimate of drug-likeness (QED) is 0.905. The van der Waals surface area contributed by atoms with Crippen LogP contribution in [0.1, 0.15) is 31.2 Å². The molecule has 2 nitrogen and oxygen atoms in total. The summed E-state index contributed by atoms with van der Waals surface area (Å²) < 4.78 is 0. The molecule has 0 aromatic heterocycles. The zero-order valence-corrected chi connectivity index (χ0v) is 13.4. The van der Waals surface area contributed by atoms with Crippen LogP contribution < -0.4 is 5.32 Å². The molecule has 2 unspecified atom stereocenters. The first-order valence-electron chi connectivity index (χ1n) is 7.50. The fraction of sp³-hybridized carbons (Fsp3) is 0.625. The molecule has 0 radical (unpaired) electrons. The molecule has 110 valence electrons. The van der Waals surface area contributed by atoms with Crippen LogP contribution in [0.3, 0.4) is 0 Å². The fourth-order valence-corrected chi connectivity index (χ4v) is 4.24. The van der Waals surface area contributed by atoms with Gasteiger partial charge in [-0.15, -0.1) is 0 Å². The summed E-state index contributed by atoms with van der Waals surface area (Å²) in [7, 11) is 2.29. The van der Waals surface area contributed by atoms with E-state index in [4.69, 9.17) is 23.2 Å². The Morgan fingerprint density at radius 1 is 1.20 bits per heavy atom. The molecule has 1 N–H and O–H groups in total. The summed E-state index contributed by atoms with van der Waals surface area (Å²) in [6, 6.07) is 7.37. The largest absolute Gasteiger partial charge is 0.312 e. The lowest BCUT2D eigenvalue weighted by molar-refractivity contribution is 0.133. The molecule has 0 amide bonds. The summed E-state index contributed by atoms with van der Waals surface area (Å²) in [5, 5.41) is 5.03. The van der Waals surface area contributed by atoms with E-state index in [0.29, 0.717) is 5.02 Å². The predicted octanol–water partition coefficient (Wildman–Crippen LogP) is 3.96. The molecule has 0 spiro atoms. The van der Waals surface area contributed by atoms with Crippen LogP contribution in [0, 0.1) is 5.92 Å². The molecular formula is C16H22Cl2N2. The average molecular weight is 313 g/mol. The van der Waals surface area contributed by atoms with Crippen LogP contribution in [0.4, 0.5) is 0 Å². The van der Waals surface area contributed by atoms with Crippen LogP contribution in [-0.4, -0.2) is 30.6 Å². The smallest absolute Gasteiger partial charge is 0.0465 e. The number of nitrogens with zero attached hydrogens (tertiary/aromatic N) is 1. The Morgan fingerprint density at radius 3 is 2.55 bits per heavy atom. The van der Waals surface area contributed by atoms with E-state index < -0.39 is 0 Å². The van der Waals surface area contributed by atoms with Gasteiger partial charge in [0.25, 0.3) is 0 Å². The van der Waals surface area contributed by atoms with Gasteiger partial charge in [0.15, 0.2) is 0 Å². The predicted molar refractivity (Wildman–Crippen MR) is 85.5 cm³/mol. The maximum Gasteiger partial charge on any atom is 0.0465 e. The first kappa shape index (κ1) is 14.6. The third kappa shape index (κ3) is 3.14. The molecule has 2 saturated heterocycles. The molecule has 1 aromatic carbocycles. The standard InChI is InChI=1S/C16H22Cl2N2/c1-20-14-4-5-15(20)7-11(6-14)9-19-10-12-2-3-13(17)8-16(12)18/h2-3,8,11,14-15,19H,4-7,9-10H2,1H3. The zero-order chi connectivity index (χ0) is 14.1. The van der Waals surface area contributed by atoms with Crippen molar-refractivity contribution in [2.75, 3.05) is 13.6 Å². The van der Waals surface area contributed by atoms with Crippen molar-refractivity contribution in [2.45, 2.75) is 44.3 Å². The molecular weight excluding hydrogens is 291 g/mol. The van der Waals surface area contributed by atoms with E-state index in [0.717, 1.165) is 41.7 Å². The normalized spacial score (nSPS) is 29.9. The second-order valence-corrected chi connectivity index (χ2v) is 7.10. The molecule has 4 heteroatoms. The summed E-state index contributed by atoms with van der Waals surface area (Å²) in [6.45, 7) is 1.93. The highest BCUT2D eigenvalue weighted by Gasteiger charge is 2.37. The molecule has 3 rings (SSSR count). The Labute approximate surface area is 131 Å². The summed E-state index contributed by atoms with van der Waals surface area (Å²) >= 11 is 12.1. The van der Waals surface area contributed by atoms with Crippen molar-refractivity contribution in [3.05, 3.63) is 33.8 Å². The zero-order valence-electron chi connectivity index (χ0n) is 11.9. The van der Waals surface area contributed by atoms with Crippen LogP contribution in [0.15, 0.2) is 18.2 Å². The first-order chi connectivity index (χ1) is 9.63. The van der Waals surface area contributed by atoms with E-state index >= 15 is 0 Å². The molecule has 2 aliphatic heterocycles. The average Bonchev–Trinajstić information content (AvgIpc) is 2.64. The highest BCUT2D eigenvalue weighted by molar-refractivity contribution is 6.35. The molecule has 2 aliphatic rings. The Morgan fingerprint density at radius 2 is 1.90 bits per heavy atom. The number of benzene rings is 1. The minimum Gasteiger partial charge on any atom is -0.312 e. The van der Waals surface area contributed by atoms with E-state index in [1.54, 1.807) is 0 Å². The van der Waals surface area contributed by atoms with E-state index in [-0.39, 0.29) is 0 Å². The van der Waals surface area contributed by atoms with Crippen LogP contribution in [-0.2, 0) is 6.54 Å².